The Balaban J connectivity index is 2.05. The molecule has 0 spiro atoms. The zero-order valence-electron chi connectivity index (χ0n) is 7.40. The second kappa shape index (κ2) is 3.85. The Morgan fingerprint density at radius 2 is 2.46 bits per heavy atom. The van der Waals surface area contributed by atoms with Gasteiger partial charge < -0.3 is 15.0 Å². The number of nitrogens with zero attached hydrogens (tertiary/aromatic N) is 2. The van der Waals surface area contributed by atoms with Crippen molar-refractivity contribution in [2.24, 2.45) is 5.73 Å². The molecule has 2 rings (SSSR count). The van der Waals surface area contributed by atoms with Crippen molar-refractivity contribution in [3.8, 4) is 0 Å². The van der Waals surface area contributed by atoms with Crippen molar-refractivity contribution in [2.45, 2.75) is 25.3 Å². The summed E-state index contributed by atoms with van der Waals surface area (Å²) in [5, 5.41) is 3.74. The summed E-state index contributed by atoms with van der Waals surface area (Å²) in [5.74, 6) is 1.50. The summed E-state index contributed by atoms with van der Waals surface area (Å²) in [4.78, 5) is 4.17. The molecule has 1 aliphatic heterocycles. The van der Waals surface area contributed by atoms with E-state index < -0.39 is 0 Å². The molecular formula is C8H13N3O2. The maximum absolute atomic E-state index is 5.38. The molecule has 0 radical (unpaired) electrons. The van der Waals surface area contributed by atoms with Crippen LogP contribution in [-0.2, 0) is 11.3 Å². The van der Waals surface area contributed by atoms with Gasteiger partial charge in [-0.3, -0.25) is 0 Å². The molecular weight excluding hydrogens is 170 g/mol. The van der Waals surface area contributed by atoms with E-state index in [4.69, 9.17) is 15.0 Å². The Labute approximate surface area is 76.3 Å². The van der Waals surface area contributed by atoms with Crippen molar-refractivity contribution in [1.29, 1.82) is 0 Å². The van der Waals surface area contributed by atoms with E-state index >= 15 is 0 Å². The van der Waals surface area contributed by atoms with Crippen LogP contribution in [0.5, 0.6) is 0 Å². The van der Waals surface area contributed by atoms with Gasteiger partial charge in [0.25, 0.3) is 0 Å². The molecule has 0 aliphatic carbocycles. The van der Waals surface area contributed by atoms with Crippen LogP contribution < -0.4 is 5.73 Å². The zero-order chi connectivity index (χ0) is 9.10. The van der Waals surface area contributed by atoms with Crippen LogP contribution in [0.4, 0.5) is 0 Å². The van der Waals surface area contributed by atoms with Gasteiger partial charge in [0.1, 0.15) is 0 Å². The van der Waals surface area contributed by atoms with Gasteiger partial charge in [-0.05, 0) is 12.8 Å². The molecule has 0 bridgehead atoms. The number of rotatable bonds is 2. The fourth-order valence-corrected chi connectivity index (χ4v) is 1.45. The molecule has 5 heteroatoms. The highest BCUT2D eigenvalue weighted by Crippen LogP contribution is 2.23. The van der Waals surface area contributed by atoms with E-state index in [-0.39, 0.29) is 5.92 Å². The second-order valence-electron chi connectivity index (χ2n) is 3.17. The average Bonchev–Trinajstić information content (AvgIpc) is 2.67. The second-order valence-corrected chi connectivity index (χ2v) is 3.17. The van der Waals surface area contributed by atoms with Crippen LogP contribution in [0.2, 0.25) is 0 Å². The van der Waals surface area contributed by atoms with E-state index in [0.717, 1.165) is 19.4 Å². The van der Waals surface area contributed by atoms with E-state index in [9.17, 15) is 0 Å². The number of aromatic nitrogens is 2. The Morgan fingerprint density at radius 3 is 3.08 bits per heavy atom. The summed E-state index contributed by atoms with van der Waals surface area (Å²) in [7, 11) is 0. The third-order valence-corrected chi connectivity index (χ3v) is 2.18. The minimum Gasteiger partial charge on any atom is -0.381 e. The molecule has 72 valence electrons. The van der Waals surface area contributed by atoms with Crippen LogP contribution in [0, 0.1) is 0 Å². The van der Waals surface area contributed by atoms with Gasteiger partial charge in [0, 0.05) is 6.61 Å². The van der Waals surface area contributed by atoms with Gasteiger partial charge in [0.2, 0.25) is 5.89 Å². The van der Waals surface area contributed by atoms with Crippen molar-refractivity contribution >= 4 is 0 Å². The lowest BCUT2D eigenvalue weighted by Gasteiger charge is -2.17. The van der Waals surface area contributed by atoms with E-state index in [1.807, 2.05) is 0 Å². The van der Waals surface area contributed by atoms with Crippen LogP contribution in [-0.4, -0.2) is 23.4 Å². The van der Waals surface area contributed by atoms with E-state index in [2.05, 4.69) is 10.1 Å². The quantitative estimate of drug-likeness (QED) is 0.719. The summed E-state index contributed by atoms with van der Waals surface area (Å²) in [5.41, 5.74) is 5.38. The summed E-state index contributed by atoms with van der Waals surface area (Å²) >= 11 is 0. The van der Waals surface area contributed by atoms with Crippen molar-refractivity contribution < 1.29 is 9.26 Å². The lowest BCUT2D eigenvalue weighted by molar-refractivity contribution is 0.0705. The van der Waals surface area contributed by atoms with Gasteiger partial charge in [0.15, 0.2) is 5.82 Å². The zero-order valence-corrected chi connectivity index (χ0v) is 7.40. The van der Waals surface area contributed by atoms with Crippen molar-refractivity contribution in [3.63, 3.8) is 0 Å². The molecule has 13 heavy (non-hydrogen) atoms. The van der Waals surface area contributed by atoms with Gasteiger partial charge in [-0.1, -0.05) is 5.16 Å². The Hall–Kier alpha value is -0.940. The third kappa shape index (κ3) is 1.87. The minimum atomic E-state index is 0.265. The van der Waals surface area contributed by atoms with Gasteiger partial charge in [-0.25, -0.2) is 0 Å². The maximum atomic E-state index is 5.38. The predicted octanol–water partition coefficient (Wildman–Crippen LogP) is 0.422. The van der Waals surface area contributed by atoms with Crippen LogP contribution in [0.25, 0.3) is 0 Å². The molecule has 0 aromatic carbocycles. The molecule has 0 saturated carbocycles. The van der Waals surface area contributed by atoms with Crippen LogP contribution in [0.15, 0.2) is 4.52 Å². The van der Waals surface area contributed by atoms with Gasteiger partial charge in [-0.2, -0.15) is 4.98 Å². The molecule has 5 nitrogen and oxygen atoms in total. The van der Waals surface area contributed by atoms with Gasteiger partial charge in [0.05, 0.1) is 19.1 Å². The van der Waals surface area contributed by atoms with Crippen molar-refractivity contribution in [1.82, 2.24) is 10.1 Å². The number of hydrogen-bond donors (Lipinski definition) is 1. The van der Waals surface area contributed by atoms with Crippen molar-refractivity contribution in [3.05, 3.63) is 11.7 Å². The summed E-state index contributed by atoms with van der Waals surface area (Å²) < 4.78 is 10.4. The standard InChI is InChI=1S/C8H13N3O2/c9-4-7-10-8(13-11-7)6-2-1-3-12-5-6/h6H,1-5,9H2. The van der Waals surface area contributed by atoms with Crippen LogP contribution in [0.3, 0.4) is 0 Å². The molecule has 1 atom stereocenters. The lowest BCUT2D eigenvalue weighted by atomic mass is 10.0. The highest BCUT2D eigenvalue weighted by molar-refractivity contribution is 4.94. The van der Waals surface area contributed by atoms with E-state index in [0.29, 0.717) is 24.9 Å². The summed E-state index contributed by atoms with van der Waals surface area (Å²) in [6.07, 6.45) is 2.12. The molecule has 1 fully saturated rings. The van der Waals surface area contributed by atoms with Gasteiger partial charge >= 0.3 is 0 Å². The lowest BCUT2D eigenvalue weighted by Crippen LogP contribution is -2.15. The third-order valence-electron chi connectivity index (χ3n) is 2.18. The summed E-state index contributed by atoms with van der Waals surface area (Å²) in [6, 6.07) is 0. The highest BCUT2D eigenvalue weighted by atomic mass is 16.5. The smallest absolute Gasteiger partial charge is 0.232 e. The number of nitrogens with two attached hydrogens (primary N) is 1. The average molecular weight is 183 g/mol. The first-order valence-electron chi connectivity index (χ1n) is 4.50. The van der Waals surface area contributed by atoms with Gasteiger partial charge in [-0.15, -0.1) is 0 Å². The molecule has 2 N–H and O–H groups in total. The topological polar surface area (TPSA) is 74.2 Å². The fraction of sp³-hybridized carbons (Fsp3) is 0.750. The molecule has 1 aliphatic rings. The monoisotopic (exact) mass is 183 g/mol. The molecule has 1 saturated heterocycles. The van der Waals surface area contributed by atoms with E-state index in [1.54, 1.807) is 0 Å². The number of ether oxygens (including phenoxy) is 1. The molecule has 1 unspecified atom stereocenters. The molecule has 0 amide bonds. The molecule has 2 heterocycles. The van der Waals surface area contributed by atoms with Crippen LogP contribution >= 0.6 is 0 Å². The maximum Gasteiger partial charge on any atom is 0.232 e. The first kappa shape index (κ1) is 8.65. The highest BCUT2D eigenvalue weighted by Gasteiger charge is 2.21. The minimum absolute atomic E-state index is 0.265. The predicted molar refractivity (Wildman–Crippen MR) is 45.0 cm³/mol. The van der Waals surface area contributed by atoms with E-state index in [1.165, 1.54) is 0 Å². The Kier molecular flexibility index (Phi) is 2.56. The Morgan fingerprint density at radius 1 is 1.54 bits per heavy atom. The largest absolute Gasteiger partial charge is 0.381 e. The normalized spacial score (nSPS) is 23.3. The fourth-order valence-electron chi connectivity index (χ4n) is 1.45. The number of hydrogen-bond acceptors (Lipinski definition) is 5. The Bertz CT molecular complexity index is 268. The SMILES string of the molecule is NCc1noc(C2CCCOC2)n1. The summed E-state index contributed by atoms with van der Waals surface area (Å²) in [6.45, 7) is 1.86. The first-order valence-corrected chi connectivity index (χ1v) is 4.50. The first-order chi connectivity index (χ1) is 6.40. The van der Waals surface area contributed by atoms with Crippen molar-refractivity contribution in [2.75, 3.05) is 13.2 Å². The molecule has 1 aromatic rings. The van der Waals surface area contributed by atoms with Crippen LogP contribution in [0.1, 0.15) is 30.5 Å². The molecule has 1 aromatic heterocycles.